The van der Waals surface area contributed by atoms with Crippen LogP contribution in [0, 0.1) is 5.92 Å². The molecule has 1 saturated heterocycles. The number of benzene rings is 1. The van der Waals surface area contributed by atoms with Crippen LogP contribution >= 0.6 is 0 Å². The first-order chi connectivity index (χ1) is 11.7. The van der Waals surface area contributed by atoms with Crippen LogP contribution in [0.1, 0.15) is 32.3 Å². The lowest BCUT2D eigenvalue weighted by molar-refractivity contribution is 0.00350. The van der Waals surface area contributed by atoms with Gasteiger partial charge in [-0.1, -0.05) is 44.2 Å². The maximum atomic E-state index is 10.2. The quantitative estimate of drug-likeness (QED) is 0.713. The second-order valence-electron chi connectivity index (χ2n) is 6.88. The summed E-state index contributed by atoms with van der Waals surface area (Å²) in [7, 11) is 0. The number of piperidine rings is 1. The minimum atomic E-state index is -0.395. The summed E-state index contributed by atoms with van der Waals surface area (Å²) in [6, 6.07) is 10.1. The molecular weight excluding hydrogens is 300 g/mol. The maximum Gasteiger partial charge on any atom is 0.0900 e. The lowest BCUT2D eigenvalue weighted by atomic mass is 9.96. The Labute approximate surface area is 147 Å². The van der Waals surface area contributed by atoms with E-state index in [1.165, 1.54) is 19.4 Å². The Morgan fingerprint density at radius 1 is 1.17 bits per heavy atom. The number of aliphatic hydroxyl groups excluding tert-OH is 1. The Morgan fingerprint density at radius 2 is 1.83 bits per heavy atom. The minimum Gasteiger partial charge on any atom is -0.389 e. The van der Waals surface area contributed by atoms with Crippen LogP contribution in [0.5, 0.6) is 0 Å². The largest absolute Gasteiger partial charge is 0.389 e. The topological polar surface area (TPSA) is 35.9 Å². The maximum absolute atomic E-state index is 10.2. The number of ether oxygens (including phenoxy) is 1. The molecular formula is C20H34N2O2. The van der Waals surface area contributed by atoms with Crippen molar-refractivity contribution in [1.29, 1.82) is 0 Å². The zero-order valence-electron chi connectivity index (χ0n) is 15.4. The van der Waals surface area contributed by atoms with Crippen molar-refractivity contribution in [1.82, 2.24) is 9.80 Å². The molecule has 1 fully saturated rings. The van der Waals surface area contributed by atoms with Crippen LogP contribution in [-0.2, 0) is 11.3 Å². The van der Waals surface area contributed by atoms with Crippen LogP contribution in [-0.4, -0.2) is 66.9 Å². The number of aliphatic hydroxyl groups is 1. The molecule has 1 aliphatic rings. The lowest BCUT2D eigenvalue weighted by Crippen LogP contribution is -2.42. The Bertz CT molecular complexity index is 429. The van der Waals surface area contributed by atoms with E-state index < -0.39 is 6.10 Å². The van der Waals surface area contributed by atoms with Crippen LogP contribution in [0.25, 0.3) is 0 Å². The van der Waals surface area contributed by atoms with Crippen molar-refractivity contribution >= 4 is 0 Å². The van der Waals surface area contributed by atoms with Gasteiger partial charge >= 0.3 is 0 Å². The average molecular weight is 335 g/mol. The first-order valence-corrected chi connectivity index (χ1v) is 9.45. The molecule has 2 rings (SSSR count). The van der Waals surface area contributed by atoms with Crippen LogP contribution in [0.2, 0.25) is 0 Å². The summed E-state index contributed by atoms with van der Waals surface area (Å²) in [5, 5.41) is 10.2. The van der Waals surface area contributed by atoms with E-state index in [1.807, 2.05) is 30.3 Å². The second kappa shape index (κ2) is 10.8. The van der Waals surface area contributed by atoms with E-state index in [0.29, 0.717) is 13.2 Å². The molecule has 1 heterocycles. The van der Waals surface area contributed by atoms with Crippen molar-refractivity contribution in [2.75, 3.05) is 45.9 Å². The Kier molecular flexibility index (Phi) is 8.75. The van der Waals surface area contributed by atoms with E-state index >= 15 is 0 Å². The minimum absolute atomic E-state index is 0.395. The van der Waals surface area contributed by atoms with Gasteiger partial charge in [-0.2, -0.15) is 0 Å². The van der Waals surface area contributed by atoms with Gasteiger partial charge in [0.2, 0.25) is 0 Å². The fourth-order valence-electron chi connectivity index (χ4n) is 3.44. The lowest BCUT2D eigenvalue weighted by Gasteiger charge is -2.35. The second-order valence-corrected chi connectivity index (χ2v) is 6.88. The van der Waals surface area contributed by atoms with E-state index in [9.17, 15) is 5.11 Å². The summed E-state index contributed by atoms with van der Waals surface area (Å²) >= 11 is 0. The molecule has 1 aromatic rings. The molecule has 1 N–H and O–H groups in total. The molecule has 0 aliphatic carbocycles. The predicted octanol–water partition coefficient (Wildman–Crippen LogP) is 2.62. The fourth-order valence-corrected chi connectivity index (χ4v) is 3.44. The van der Waals surface area contributed by atoms with Gasteiger partial charge in [0.1, 0.15) is 0 Å². The third-order valence-corrected chi connectivity index (χ3v) is 5.01. The molecule has 0 saturated carbocycles. The summed E-state index contributed by atoms with van der Waals surface area (Å²) in [6.07, 6.45) is 2.09. The molecule has 1 aromatic carbocycles. The molecule has 4 heteroatoms. The Morgan fingerprint density at radius 3 is 2.46 bits per heavy atom. The van der Waals surface area contributed by atoms with E-state index in [0.717, 1.165) is 44.2 Å². The van der Waals surface area contributed by atoms with Gasteiger partial charge in [0, 0.05) is 13.1 Å². The van der Waals surface area contributed by atoms with Gasteiger partial charge in [0.15, 0.2) is 0 Å². The predicted molar refractivity (Wildman–Crippen MR) is 99.1 cm³/mol. The fraction of sp³-hybridized carbons (Fsp3) is 0.700. The number of β-amino-alcohol motifs (C(OH)–C–C–N with tert-alkyl or cyclic N) is 1. The summed E-state index contributed by atoms with van der Waals surface area (Å²) in [5.74, 6) is 0.813. The number of hydrogen-bond acceptors (Lipinski definition) is 4. The molecule has 1 atom stereocenters. The third kappa shape index (κ3) is 6.89. The van der Waals surface area contributed by atoms with E-state index in [1.54, 1.807) is 0 Å². The molecule has 1 aliphatic heterocycles. The normalized spacial score (nSPS) is 18.2. The van der Waals surface area contributed by atoms with E-state index in [-0.39, 0.29) is 0 Å². The van der Waals surface area contributed by atoms with Gasteiger partial charge in [-0.3, -0.25) is 0 Å². The molecule has 0 bridgehead atoms. The van der Waals surface area contributed by atoms with Crippen molar-refractivity contribution in [2.45, 2.75) is 39.4 Å². The van der Waals surface area contributed by atoms with Crippen LogP contribution in [0.15, 0.2) is 30.3 Å². The standard InChI is InChI=1S/C20H34N2O2/c1-3-21(4-2)14-18-10-12-22(13-11-18)15-20(23)17-24-16-19-8-6-5-7-9-19/h5-9,18,20,23H,3-4,10-17H2,1-2H3. The van der Waals surface area contributed by atoms with Gasteiger partial charge in [-0.15, -0.1) is 0 Å². The zero-order valence-corrected chi connectivity index (χ0v) is 15.4. The van der Waals surface area contributed by atoms with E-state index in [4.69, 9.17) is 4.74 Å². The number of hydrogen-bond donors (Lipinski definition) is 1. The zero-order chi connectivity index (χ0) is 17.2. The highest BCUT2D eigenvalue weighted by Gasteiger charge is 2.22. The highest BCUT2D eigenvalue weighted by atomic mass is 16.5. The first kappa shape index (κ1) is 19.4. The summed E-state index contributed by atoms with van der Waals surface area (Å²) in [4.78, 5) is 4.90. The van der Waals surface area contributed by atoms with E-state index in [2.05, 4.69) is 23.6 Å². The summed E-state index contributed by atoms with van der Waals surface area (Å²) < 4.78 is 5.64. The van der Waals surface area contributed by atoms with Gasteiger partial charge in [0.25, 0.3) is 0 Å². The molecule has 0 spiro atoms. The monoisotopic (exact) mass is 334 g/mol. The number of rotatable bonds is 10. The van der Waals surface area contributed by atoms with Crippen molar-refractivity contribution in [3.8, 4) is 0 Å². The first-order valence-electron chi connectivity index (χ1n) is 9.45. The highest BCUT2D eigenvalue weighted by molar-refractivity contribution is 5.13. The Balaban J connectivity index is 1.59. The Hall–Kier alpha value is -0.940. The average Bonchev–Trinajstić information content (AvgIpc) is 2.62. The molecule has 0 radical (unpaired) electrons. The third-order valence-electron chi connectivity index (χ3n) is 5.01. The molecule has 4 nitrogen and oxygen atoms in total. The van der Waals surface area contributed by atoms with Crippen LogP contribution < -0.4 is 0 Å². The molecule has 0 amide bonds. The highest BCUT2D eigenvalue weighted by Crippen LogP contribution is 2.18. The molecule has 1 unspecified atom stereocenters. The van der Waals surface area contributed by atoms with Crippen molar-refractivity contribution in [3.63, 3.8) is 0 Å². The molecule has 24 heavy (non-hydrogen) atoms. The van der Waals surface area contributed by atoms with Crippen molar-refractivity contribution < 1.29 is 9.84 Å². The van der Waals surface area contributed by atoms with Gasteiger partial charge in [0.05, 0.1) is 19.3 Å². The van der Waals surface area contributed by atoms with Crippen LogP contribution in [0.4, 0.5) is 0 Å². The van der Waals surface area contributed by atoms with Crippen molar-refractivity contribution in [3.05, 3.63) is 35.9 Å². The van der Waals surface area contributed by atoms with Crippen LogP contribution in [0.3, 0.4) is 0 Å². The SMILES string of the molecule is CCN(CC)CC1CCN(CC(O)COCc2ccccc2)CC1. The molecule has 136 valence electrons. The van der Waals surface area contributed by atoms with Gasteiger partial charge in [-0.05, 0) is 50.5 Å². The summed E-state index contributed by atoms with van der Waals surface area (Å²) in [6.45, 7) is 11.9. The van der Waals surface area contributed by atoms with Gasteiger partial charge in [-0.25, -0.2) is 0 Å². The number of likely N-dealkylation sites (tertiary alicyclic amines) is 1. The molecule has 0 aromatic heterocycles. The van der Waals surface area contributed by atoms with Crippen molar-refractivity contribution in [2.24, 2.45) is 5.92 Å². The van der Waals surface area contributed by atoms with Gasteiger partial charge < -0.3 is 19.6 Å². The summed E-state index contributed by atoms with van der Waals surface area (Å²) in [5.41, 5.74) is 1.15. The smallest absolute Gasteiger partial charge is 0.0900 e. The number of nitrogens with zero attached hydrogens (tertiary/aromatic N) is 2.